The van der Waals surface area contributed by atoms with Gasteiger partial charge in [-0.1, -0.05) is 30.3 Å². The highest BCUT2D eigenvalue weighted by Crippen LogP contribution is 2.05. The quantitative estimate of drug-likeness (QED) is 0.841. The van der Waals surface area contributed by atoms with Crippen LogP contribution in [0.15, 0.2) is 36.5 Å². The molecule has 4 nitrogen and oxygen atoms in total. The van der Waals surface area contributed by atoms with E-state index in [0.717, 1.165) is 11.4 Å². The topological polar surface area (TPSA) is 47.3 Å². The maximum Gasteiger partial charge on any atom is 0.142 e. The van der Waals surface area contributed by atoms with Gasteiger partial charge in [0, 0.05) is 0 Å². The normalized spacial score (nSPS) is 10.4. The number of hydrogen-bond donors (Lipinski definition) is 1. The first-order valence-electron chi connectivity index (χ1n) is 5.12. The molecular formula is C12H14N2O2. The first-order chi connectivity index (χ1) is 7.81. The van der Waals surface area contributed by atoms with Crippen molar-refractivity contribution in [3.8, 4) is 0 Å². The Labute approximate surface area is 94.1 Å². The monoisotopic (exact) mass is 218 g/mol. The maximum atomic E-state index is 9.09. The fraction of sp³-hybridized carbons (Fsp3) is 0.250. The molecule has 1 aromatic carbocycles. The number of benzene rings is 1. The third kappa shape index (κ3) is 2.23. The molecule has 0 amide bonds. The fourth-order valence-electron chi connectivity index (χ4n) is 1.48. The number of aliphatic hydroxyl groups is 1. The minimum atomic E-state index is -0.0738. The molecule has 0 aliphatic carbocycles. The molecule has 0 spiro atoms. The lowest BCUT2D eigenvalue weighted by atomic mass is 10.2. The number of imidazole rings is 1. The smallest absolute Gasteiger partial charge is 0.142 e. The predicted octanol–water partition coefficient (Wildman–Crippen LogP) is 1.31. The summed E-state index contributed by atoms with van der Waals surface area (Å²) >= 11 is 0. The number of aliphatic hydroxyl groups excluding tert-OH is 1. The molecule has 0 saturated carbocycles. The molecule has 1 heterocycles. The van der Waals surface area contributed by atoms with Crippen molar-refractivity contribution in [2.45, 2.75) is 20.1 Å². The van der Waals surface area contributed by atoms with E-state index in [-0.39, 0.29) is 6.61 Å². The van der Waals surface area contributed by atoms with Crippen LogP contribution in [0, 0.1) is 6.92 Å². The molecule has 4 heteroatoms. The van der Waals surface area contributed by atoms with E-state index in [2.05, 4.69) is 4.98 Å². The van der Waals surface area contributed by atoms with E-state index in [4.69, 9.17) is 9.94 Å². The average Bonchev–Trinajstić information content (AvgIpc) is 2.69. The van der Waals surface area contributed by atoms with Crippen molar-refractivity contribution in [2.24, 2.45) is 0 Å². The Hall–Kier alpha value is -1.81. The predicted molar refractivity (Wildman–Crippen MR) is 59.6 cm³/mol. The highest BCUT2D eigenvalue weighted by molar-refractivity contribution is 5.13. The summed E-state index contributed by atoms with van der Waals surface area (Å²) in [5, 5.41) is 9.09. The number of aromatic nitrogens is 2. The maximum absolute atomic E-state index is 9.09. The molecule has 0 atom stereocenters. The van der Waals surface area contributed by atoms with Crippen molar-refractivity contribution in [3.63, 3.8) is 0 Å². The van der Waals surface area contributed by atoms with Gasteiger partial charge >= 0.3 is 0 Å². The summed E-state index contributed by atoms with van der Waals surface area (Å²) in [5.41, 5.74) is 1.74. The van der Waals surface area contributed by atoms with Crippen LogP contribution in [0.25, 0.3) is 0 Å². The third-order valence-corrected chi connectivity index (χ3v) is 2.32. The van der Waals surface area contributed by atoms with Crippen LogP contribution in [0.1, 0.15) is 17.1 Å². The Morgan fingerprint density at radius 1 is 1.31 bits per heavy atom. The number of nitrogens with zero attached hydrogens (tertiary/aromatic N) is 2. The lowest BCUT2D eigenvalue weighted by Gasteiger charge is -2.10. The zero-order valence-corrected chi connectivity index (χ0v) is 9.13. The van der Waals surface area contributed by atoms with E-state index in [1.54, 1.807) is 10.9 Å². The summed E-state index contributed by atoms with van der Waals surface area (Å²) in [7, 11) is 0. The SMILES string of the molecule is Cc1ncc(CO)n1OCc1ccccc1. The first kappa shape index (κ1) is 10.7. The molecule has 2 rings (SSSR count). The molecule has 0 saturated heterocycles. The van der Waals surface area contributed by atoms with E-state index in [0.29, 0.717) is 12.3 Å². The molecule has 0 aliphatic heterocycles. The molecule has 0 unspecified atom stereocenters. The summed E-state index contributed by atoms with van der Waals surface area (Å²) < 4.78 is 1.56. The van der Waals surface area contributed by atoms with Crippen molar-refractivity contribution in [1.29, 1.82) is 0 Å². The van der Waals surface area contributed by atoms with Gasteiger partial charge in [0.15, 0.2) is 0 Å². The zero-order chi connectivity index (χ0) is 11.4. The molecular weight excluding hydrogens is 204 g/mol. The van der Waals surface area contributed by atoms with Crippen LogP contribution >= 0.6 is 0 Å². The minimum Gasteiger partial charge on any atom is -0.407 e. The van der Waals surface area contributed by atoms with Crippen LogP contribution in [0.4, 0.5) is 0 Å². The third-order valence-electron chi connectivity index (χ3n) is 2.32. The number of rotatable bonds is 4. The Balaban J connectivity index is 2.07. The highest BCUT2D eigenvalue weighted by Gasteiger charge is 2.06. The van der Waals surface area contributed by atoms with Gasteiger partial charge in [0.05, 0.1) is 12.8 Å². The molecule has 0 bridgehead atoms. The highest BCUT2D eigenvalue weighted by atomic mass is 16.7. The second-order valence-electron chi connectivity index (χ2n) is 3.51. The second kappa shape index (κ2) is 4.81. The first-order valence-corrected chi connectivity index (χ1v) is 5.12. The molecule has 1 aromatic heterocycles. The molecule has 16 heavy (non-hydrogen) atoms. The number of aryl methyl sites for hydroxylation is 1. The summed E-state index contributed by atoms with van der Waals surface area (Å²) in [5.74, 6) is 0.736. The fourth-order valence-corrected chi connectivity index (χ4v) is 1.48. The van der Waals surface area contributed by atoms with Crippen LogP contribution in [-0.4, -0.2) is 14.8 Å². The van der Waals surface area contributed by atoms with Gasteiger partial charge in [0.1, 0.15) is 18.1 Å². The van der Waals surface area contributed by atoms with Crippen molar-refractivity contribution in [3.05, 3.63) is 53.6 Å². The number of hydrogen-bond acceptors (Lipinski definition) is 3. The molecule has 84 valence electrons. The van der Waals surface area contributed by atoms with Gasteiger partial charge in [0.25, 0.3) is 0 Å². The Morgan fingerprint density at radius 3 is 2.75 bits per heavy atom. The summed E-state index contributed by atoms with van der Waals surface area (Å²) in [6.45, 7) is 2.23. The van der Waals surface area contributed by atoms with Crippen LogP contribution in [0.3, 0.4) is 0 Å². The van der Waals surface area contributed by atoms with Crippen molar-refractivity contribution in [2.75, 3.05) is 0 Å². The van der Waals surface area contributed by atoms with Crippen LogP contribution in [-0.2, 0) is 13.2 Å². The van der Waals surface area contributed by atoms with Gasteiger partial charge in [-0.2, -0.15) is 4.73 Å². The van der Waals surface area contributed by atoms with Crippen LogP contribution in [0.5, 0.6) is 0 Å². The standard InChI is InChI=1S/C12H14N2O2/c1-10-13-7-12(8-15)14(10)16-9-11-5-3-2-4-6-11/h2-7,15H,8-9H2,1H3. The van der Waals surface area contributed by atoms with E-state index in [1.807, 2.05) is 37.3 Å². The van der Waals surface area contributed by atoms with Crippen molar-refractivity contribution >= 4 is 0 Å². The van der Waals surface area contributed by atoms with Gasteiger partial charge in [-0.05, 0) is 12.5 Å². The Morgan fingerprint density at radius 2 is 2.06 bits per heavy atom. The Bertz CT molecular complexity index is 451. The van der Waals surface area contributed by atoms with E-state index >= 15 is 0 Å². The molecule has 0 fully saturated rings. The lowest BCUT2D eigenvalue weighted by molar-refractivity contribution is 0.0770. The van der Waals surface area contributed by atoms with Gasteiger partial charge in [-0.15, -0.1) is 0 Å². The van der Waals surface area contributed by atoms with E-state index in [1.165, 1.54) is 0 Å². The Kier molecular flexibility index (Phi) is 3.22. The van der Waals surface area contributed by atoms with E-state index < -0.39 is 0 Å². The molecule has 0 aliphatic rings. The van der Waals surface area contributed by atoms with Gasteiger partial charge in [0.2, 0.25) is 0 Å². The molecule has 2 aromatic rings. The van der Waals surface area contributed by atoms with Gasteiger partial charge < -0.3 is 9.94 Å². The second-order valence-corrected chi connectivity index (χ2v) is 3.51. The summed E-state index contributed by atoms with van der Waals surface area (Å²) in [4.78, 5) is 9.66. The van der Waals surface area contributed by atoms with Gasteiger partial charge in [-0.25, -0.2) is 4.98 Å². The van der Waals surface area contributed by atoms with Crippen molar-refractivity contribution in [1.82, 2.24) is 9.71 Å². The van der Waals surface area contributed by atoms with Crippen molar-refractivity contribution < 1.29 is 9.94 Å². The average molecular weight is 218 g/mol. The summed E-state index contributed by atoms with van der Waals surface area (Å²) in [6.07, 6.45) is 1.61. The molecule has 1 N–H and O–H groups in total. The largest absolute Gasteiger partial charge is 0.407 e. The van der Waals surface area contributed by atoms with Crippen LogP contribution in [0.2, 0.25) is 0 Å². The van der Waals surface area contributed by atoms with E-state index in [9.17, 15) is 0 Å². The summed E-state index contributed by atoms with van der Waals surface area (Å²) in [6, 6.07) is 9.87. The minimum absolute atomic E-state index is 0.0738. The van der Waals surface area contributed by atoms with Gasteiger partial charge in [-0.3, -0.25) is 0 Å². The zero-order valence-electron chi connectivity index (χ0n) is 9.13. The molecule has 0 radical (unpaired) electrons. The van der Waals surface area contributed by atoms with Crippen LogP contribution < -0.4 is 4.84 Å². The lowest BCUT2D eigenvalue weighted by Crippen LogP contribution is -2.15.